The van der Waals surface area contributed by atoms with E-state index < -0.39 is 12.1 Å². The van der Waals surface area contributed by atoms with E-state index in [2.05, 4.69) is 20.3 Å². The molecule has 1 aromatic carbocycles. The summed E-state index contributed by atoms with van der Waals surface area (Å²) in [5.74, 6) is -0.207. The van der Waals surface area contributed by atoms with E-state index in [4.69, 9.17) is 0 Å². The van der Waals surface area contributed by atoms with Gasteiger partial charge in [0.05, 0.1) is 11.4 Å². The molecule has 0 bridgehead atoms. The number of imidazole rings is 1. The molecule has 1 saturated carbocycles. The maximum atomic E-state index is 13.5. The molecule has 1 aliphatic carbocycles. The van der Waals surface area contributed by atoms with Crippen LogP contribution in [0.3, 0.4) is 0 Å². The second kappa shape index (κ2) is 6.64. The van der Waals surface area contributed by atoms with Crippen LogP contribution >= 0.6 is 0 Å². The molecule has 0 unspecified atom stereocenters. The average Bonchev–Trinajstić information content (AvgIpc) is 3.04. The third-order valence-electron chi connectivity index (χ3n) is 4.49. The van der Waals surface area contributed by atoms with Crippen LogP contribution in [0.2, 0.25) is 0 Å². The Hall–Kier alpha value is -2.97. The van der Waals surface area contributed by atoms with Crippen molar-refractivity contribution in [2.45, 2.75) is 31.6 Å². The van der Waals surface area contributed by atoms with Crippen molar-refractivity contribution in [3.63, 3.8) is 0 Å². The molecule has 0 radical (unpaired) electrons. The van der Waals surface area contributed by atoms with E-state index >= 15 is 0 Å². The van der Waals surface area contributed by atoms with Crippen molar-refractivity contribution in [3.05, 3.63) is 48.7 Å². The Bertz CT molecular complexity index is 945. The quantitative estimate of drug-likeness (QED) is 0.676. The Morgan fingerprint density at radius 2 is 1.78 bits per heavy atom. The molecule has 2 aromatic heterocycles. The van der Waals surface area contributed by atoms with E-state index in [-0.39, 0.29) is 33.6 Å². The second-order valence-electron chi connectivity index (χ2n) is 6.32. The molecule has 0 aliphatic heterocycles. The molecule has 4 rings (SSSR count). The van der Waals surface area contributed by atoms with Gasteiger partial charge in [-0.1, -0.05) is 0 Å². The first-order valence-electron chi connectivity index (χ1n) is 8.42. The minimum atomic E-state index is -4.67. The Balaban J connectivity index is 1.81. The lowest BCUT2D eigenvalue weighted by Crippen LogP contribution is -2.28. The molecule has 0 saturated heterocycles. The first-order valence-corrected chi connectivity index (χ1v) is 8.42. The fourth-order valence-electron chi connectivity index (χ4n) is 2.90. The number of hydrogen-bond acceptors (Lipinski definition) is 4. The lowest BCUT2D eigenvalue weighted by Gasteiger charge is -2.26. The highest BCUT2D eigenvalue weighted by Crippen LogP contribution is 2.36. The SMILES string of the molecule is Fc1ccc(-c2ncn(C(F)(F)F)c2-c2ccnc(NC3CCC3)n2)cc1. The van der Waals surface area contributed by atoms with Crippen LogP contribution in [-0.2, 0) is 6.30 Å². The van der Waals surface area contributed by atoms with E-state index in [1.807, 2.05) is 0 Å². The van der Waals surface area contributed by atoms with Crippen LogP contribution in [0, 0.1) is 5.82 Å². The highest BCUT2D eigenvalue weighted by molar-refractivity contribution is 5.77. The van der Waals surface area contributed by atoms with Gasteiger partial charge in [0.25, 0.3) is 0 Å². The third kappa shape index (κ3) is 3.49. The summed E-state index contributed by atoms with van der Waals surface area (Å²) in [6.45, 7) is 0. The Morgan fingerprint density at radius 3 is 2.41 bits per heavy atom. The number of rotatable bonds is 4. The topological polar surface area (TPSA) is 55.6 Å². The molecule has 0 spiro atoms. The van der Waals surface area contributed by atoms with Crippen molar-refractivity contribution < 1.29 is 17.6 Å². The number of alkyl halides is 3. The van der Waals surface area contributed by atoms with Gasteiger partial charge in [-0.25, -0.2) is 23.9 Å². The molecular formula is C18H15F4N5. The van der Waals surface area contributed by atoms with Crippen molar-refractivity contribution >= 4 is 5.95 Å². The van der Waals surface area contributed by atoms with Crippen molar-refractivity contribution in [3.8, 4) is 22.6 Å². The molecule has 1 N–H and O–H groups in total. The summed E-state index contributed by atoms with van der Waals surface area (Å²) in [6.07, 6.45) is 0.504. The van der Waals surface area contributed by atoms with E-state index in [9.17, 15) is 17.6 Å². The summed E-state index contributed by atoms with van der Waals surface area (Å²) in [7, 11) is 0. The van der Waals surface area contributed by atoms with E-state index in [0.29, 0.717) is 11.9 Å². The van der Waals surface area contributed by atoms with Gasteiger partial charge in [0.1, 0.15) is 17.8 Å². The molecule has 0 amide bonds. The maximum absolute atomic E-state index is 13.5. The maximum Gasteiger partial charge on any atom is 0.490 e. The van der Waals surface area contributed by atoms with Crippen molar-refractivity contribution in [2.24, 2.45) is 0 Å². The summed E-state index contributed by atoms with van der Waals surface area (Å²) in [6, 6.07) is 6.76. The highest BCUT2D eigenvalue weighted by Gasteiger charge is 2.35. The van der Waals surface area contributed by atoms with Crippen LogP contribution in [0.4, 0.5) is 23.5 Å². The summed E-state index contributed by atoms with van der Waals surface area (Å²) in [5.41, 5.74) is 0.302. The van der Waals surface area contributed by atoms with Gasteiger partial charge < -0.3 is 5.32 Å². The number of nitrogens with one attached hydrogen (secondary N) is 1. The first kappa shape index (κ1) is 17.4. The normalized spacial score (nSPS) is 14.8. The van der Waals surface area contributed by atoms with Crippen LogP contribution in [0.25, 0.3) is 22.6 Å². The predicted molar refractivity (Wildman–Crippen MR) is 91.2 cm³/mol. The summed E-state index contributed by atoms with van der Waals surface area (Å²) in [5, 5.41) is 3.12. The molecule has 0 atom stereocenters. The number of nitrogens with zero attached hydrogens (tertiary/aromatic N) is 4. The lowest BCUT2D eigenvalue weighted by atomic mass is 9.93. The number of benzene rings is 1. The largest absolute Gasteiger partial charge is 0.490 e. The van der Waals surface area contributed by atoms with Crippen LogP contribution in [0.15, 0.2) is 42.9 Å². The molecule has 27 heavy (non-hydrogen) atoms. The lowest BCUT2D eigenvalue weighted by molar-refractivity contribution is -0.202. The smallest absolute Gasteiger partial charge is 0.351 e. The van der Waals surface area contributed by atoms with Gasteiger partial charge in [0, 0.05) is 17.8 Å². The number of hydrogen-bond donors (Lipinski definition) is 1. The summed E-state index contributed by atoms with van der Waals surface area (Å²) in [4.78, 5) is 12.3. The zero-order valence-electron chi connectivity index (χ0n) is 14.0. The van der Waals surface area contributed by atoms with Gasteiger partial charge in [-0.15, -0.1) is 13.2 Å². The van der Waals surface area contributed by atoms with Crippen LogP contribution in [-0.4, -0.2) is 25.6 Å². The monoisotopic (exact) mass is 377 g/mol. The minimum absolute atomic E-state index is 0.0700. The van der Waals surface area contributed by atoms with Crippen molar-refractivity contribution in [1.29, 1.82) is 0 Å². The zero-order valence-corrected chi connectivity index (χ0v) is 14.0. The van der Waals surface area contributed by atoms with Gasteiger partial charge in [0.2, 0.25) is 5.95 Å². The predicted octanol–water partition coefficient (Wildman–Crippen LogP) is 4.59. The van der Waals surface area contributed by atoms with Crippen LogP contribution in [0.5, 0.6) is 0 Å². The number of halogens is 4. The summed E-state index contributed by atoms with van der Waals surface area (Å²) < 4.78 is 53.8. The second-order valence-corrected chi connectivity index (χ2v) is 6.32. The van der Waals surface area contributed by atoms with Crippen LogP contribution in [0.1, 0.15) is 19.3 Å². The van der Waals surface area contributed by atoms with Crippen molar-refractivity contribution in [2.75, 3.05) is 5.32 Å². The Labute approximate surface area is 152 Å². The number of aromatic nitrogens is 4. The van der Waals surface area contributed by atoms with E-state index in [0.717, 1.165) is 19.3 Å². The molecule has 1 fully saturated rings. The van der Waals surface area contributed by atoms with E-state index in [1.165, 1.54) is 36.5 Å². The molecular weight excluding hydrogens is 362 g/mol. The van der Waals surface area contributed by atoms with Gasteiger partial charge in [-0.3, -0.25) is 0 Å². The fourth-order valence-corrected chi connectivity index (χ4v) is 2.90. The van der Waals surface area contributed by atoms with Gasteiger partial charge in [-0.05, 0) is 49.6 Å². The minimum Gasteiger partial charge on any atom is -0.351 e. The Kier molecular flexibility index (Phi) is 4.29. The molecule has 2 heterocycles. The van der Waals surface area contributed by atoms with Gasteiger partial charge in [0.15, 0.2) is 0 Å². The molecule has 5 nitrogen and oxygen atoms in total. The van der Waals surface area contributed by atoms with Gasteiger partial charge >= 0.3 is 6.30 Å². The van der Waals surface area contributed by atoms with Crippen molar-refractivity contribution in [1.82, 2.24) is 19.5 Å². The fraction of sp³-hybridized carbons (Fsp3) is 0.278. The van der Waals surface area contributed by atoms with E-state index in [1.54, 1.807) is 0 Å². The highest BCUT2D eigenvalue weighted by atomic mass is 19.4. The zero-order chi connectivity index (χ0) is 19.0. The average molecular weight is 377 g/mol. The standard InChI is InChI=1S/C18H15F4N5/c19-12-6-4-11(5-7-12)15-16(27(10-24-15)18(20,21)22)14-8-9-23-17(26-14)25-13-2-1-3-13/h4-10,13H,1-3H2,(H,23,25,26). The molecule has 140 valence electrons. The molecule has 1 aliphatic rings. The van der Waals surface area contributed by atoms with Gasteiger partial charge in [-0.2, -0.15) is 0 Å². The molecule has 3 aromatic rings. The number of anilines is 1. The Morgan fingerprint density at radius 1 is 1.04 bits per heavy atom. The third-order valence-corrected chi connectivity index (χ3v) is 4.49. The molecule has 9 heteroatoms. The first-order chi connectivity index (χ1) is 12.9. The van der Waals surface area contributed by atoms with Crippen LogP contribution < -0.4 is 5.32 Å². The summed E-state index contributed by atoms with van der Waals surface area (Å²) >= 11 is 0.